The van der Waals surface area contributed by atoms with Gasteiger partial charge in [0.25, 0.3) is 0 Å². The minimum absolute atomic E-state index is 0.0717. The van der Waals surface area contributed by atoms with Gasteiger partial charge in [-0.1, -0.05) is 0 Å². The fourth-order valence-corrected chi connectivity index (χ4v) is 1.73. The van der Waals surface area contributed by atoms with E-state index in [1.807, 2.05) is 13.8 Å². The number of aliphatic hydroxyl groups is 1. The van der Waals surface area contributed by atoms with E-state index >= 15 is 0 Å². The van der Waals surface area contributed by atoms with Crippen molar-refractivity contribution < 1.29 is 14.7 Å². The molecular weight excluding hydrogens is 210 g/mol. The van der Waals surface area contributed by atoms with Crippen LogP contribution in [0.3, 0.4) is 0 Å². The quantitative estimate of drug-likeness (QED) is 0.595. The molecule has 1 fully saturated rings. The summed E-state index contributed by atoms with van der Waals surface area (Å²) in [5.41, 5.74) is 0. The van der Waals surface area contributed by atoms with E-state index in [9.17, 15) is 9.59 Å². The highest BCUT2D eigenvalue weighted by Gasteiger charge is 2.31. The van der Waals surface area contributed by atoms with Crippen LogP contribution < -0.4 is 10.6 Å². The summed E-state index contributed by atoms with van der Waals surface area (Å²) in [5, 5.41) is 13.7. The van der Waals surface area contributed by atoms with E-state index in [2.05, 4.69) is 10.6 Å². The molecule has 0 aliphatic carbocycles. The Hall–Kier alpha value is -1.30. The molecule has 16 heavy (non-hydrogen) atoms. The number of likely N-dealkylation sites (tertiary alicyclic amines) is 1. The average molecular weight is 229 g/mol. The topological polar surface area (TPSA) is 81.7 Å². The number of nitrogens with one attached hydrogen (secondary N) is 2. The number of amides is 3. The van der Waals surface area contributed by atoms with Crippen LogP contribution in [0.4, 0.5) is 4.79 Å². The molecule has 1 heterocycles. The van der Waals surface area contributed by atoms with E-state index in [1.54, 1.807) is 4.90 Å². The molecule has 3 N–H and O–H groups in total. The number of aliphatic hydroxyl groups excluding tert-OH is 1. The molecule has 0 saturated carbocycles. The van der Waals surface area contributed by atoms with Gasteiger partial charge in [0.2, 0.25) is 5.91 Å². The van der Waals surface area contributed by atoms with Crippen LogP contribution in [0.25, 0.3) is 0 Å². The van der Waals surface area contributed by atoms with Crippen molar-refractivity contribution in [2.45, 2.75) is 32.4 Å². The van der Waals surface area contributed by atoms with Crippen LogP contribution in [0.1, 0.15) is 20.3 Å². The monoisotopic (exact) mass is 229 g/mol. The molecule has 1 saturated heterocycles. The molecule has 1 unspecified atom stereocenters. The van der Waals surface area contributed by atoms with Gasteiger partial charge < -0.3 is 20.6 Å². The molecule has 6 heteroatoms. The molecule has 1 rings (SSSR count). The van der Waals surface area contributed by atoms with Crippen molar-refractivity contribution in [3.63, 3.8) is 0 Å². The number of carbonyl (C=O) groups excluding carboxylic acids is 2. The van der Waals surface area contributed by atoms with E-state index in [0.717, 1.165) is 0 Å². The number of nitrogens with zero attached hydrogens (tertiary/aromatic N) is 1. The molecule has 1 atom stereocenters. The van der Waals surface area contributed by atoms with Gasteiger partial charge in [0.05, 0.1) is 12.6 Å². The summed E-state index contributed by atoms with van der Waals surface area (Å²) in [6, 6.07) is -0.300. The summed E-state index contributed by atoms with van der Waals surface area (Å²) in [5.74, 6) is 0.0717. The first-order valence-electron chi connectivity index (χ1n) is 5.49. The van der Waals surface area contributed by atoms with Crippen LogP contribution in [0.5, 0.6) is 0 Å². The highest BCUT2D eigenvalue weighted by molar-refractivity contribution is 5.81. The third-order valence-electron chi connectivity index (χ3n) is 2.51. The lowest BCUT2D eigenvalue weighted by Gasteiger charge is -2.21. The molecule has 6 nitrogen and oxygen atoms in total. The zero-order valence-electron chi connectivity index (χ0n) is 9.69. The maximum Gasteiger partial charge on any atom is 0.315 e. The minimum atomic E-state index is -0.336. The summed E-state index contributed by atoms with van der Waals surface area (Å²) >= 11 is 0. The first kappa shape index (κ1) is 12.8. The standard InChI is InChI=1S/C10H19N3O3/c1-7(2)13-6-8(5-9(13)15)12-10(16)11-3-4-14/h7-8,14H,3-6H2,1-2H3,(H2,11,12,16). The highest BCUT2D eigenvalue weighted by Crippen LogP contribution is 2.13. The molecule has 3 amide bonds. The lowest BCUT2D eigenvalue weighted by Crippen LogP contribution is -2.44. The first-order valence-corrected chi connectivity index (χ1v) is 5.49. The molecule has 0 radical (unpaired) electrons. The molecular formula is C10H19N3O3. The lowest BCUT2D eigenvalue weighted by atomic mass is 10.2. The molecule has 1 aliphatic heterocycles. The molecule has 0 spiro atoms. The van der Waals surface area contributed by atoms with Crippen LogP contribution in [0.15, 0.2) is 0 Å². The molecule has 0 bridgehead atoms. The maximum absolute atomic E-state index is 11.5. The van der Waals surface area contributed by atoms with Crippen molar-refractivity contribution in [1.82, 2.24) is 15.5 Å². The van der Waals surface area contributed by atoms with Crippen molar-refractivity contribution in [3.05, 3.63) is 0 Å². The summed E-state index contributed by atoms with van der Waals surface area (Å²) in [7, 11) is 0. The third-order valence-corrected chi connectivity index (χ3v) is 2.51. The van der Waals surface area contributed by atoms with Crippen LogP contribution in [-0.4, -0.2) is 53.7 Å². The van der Waals surface area contributed by atoms with E-state index in [1.165, 1.54) is 0 Å². The van der Waals surface area contributed by atoms with Crippen molar-refractivity contribution in [2.75, 3.05) is 19.7 Å². The second-order valence-corrected chi connectivity index (χ2v) is 4.16. The maximum atomic E-state index is 11.5. The van der Waals surface area contributed by atoms with Gasteiger partial charge in [0.15, 0.2) is 0 Å². The Morgan fingerprint density at radius 3 is 2.81 bits per heavy atom. The number of urea groups is 1. The Kier molecular flexibility index (Phi) is 4.54. The predicted octanol–water partition coefficient (Wildman–Crippen LogP) is -0.713. The van der Waals surface area contributed by atoms with Crippen LogP contribution in [0, 0.1) is 0 Å². The van der Waals surface area contributed by atoms with E-state index in [4.69, 9.17) is 5.11 Å². The zero-order valence-corrected chi connectivity index (χ0v) is 9.69. The van der Waals surface area contributed by atoms with Crippen molar-refractivity contribution in [1.29, 1.82) is 0 Å². The second-order valence-electron chi connectivity index (χ2n) is 4.16. The largest absolute Gasteiger partial charge is 0.395 e. The Labute approximate surface area is 95.0 Å². The number of hydrogen-bond acceptors (Lipinski definition) is 3. The molecule has 0 aromatic heterocycles. The number of rotatable bonds is 4. The van der Waals surface area contributed by atoms with Crippen molar-refractivity contribution >= 4 is 11.9 Å². The van der Waals surface area contributed by atoms with E-state index in [-0.39, 0.29) is 37.2 Å². The predicted molar refractivity (Wildman–Crippen MR) is 58.9 cm³/mol. The Balaban J connectivity index is 2.35. The minimum Gasteiger partial charge on any atom is -0.395 e. The van der Waals surface area contributed by atoms with Gasteiger partial charge in [-0.15, -0.1) is 0 Å². The fourth-order valence-electron chi connectivity index (χ4n) is 1.73. The van der Waals surface area contributed by atoms with Crippen LogP contribution in [-0.2, 0) is 4.79 Å². The first-order chi connectivity index (χ1) is 7.54. The van der Waals surface area contributed by atoms with Crippen molar-refractivity contribution in [3.8, 4) is 0 Å². The van der Waals surface area contributed by atoms with E-state index in [0.29, 0.717) is 13.0 Å². The molecule has 1 aliphatic rings. The zero-order chi connectivity index (χ0) is 12.1. The molecule has 92 valence electrons. The van der Waals surface area contributed by atoms with Crippen LogP contribution >= 0.6 is 0 Å². The summed E-state index contributed by atoms with van der Waals surface area (Å²) in [6.45, 7) is 4.59. The number of carbonyl (C=O) groups is 2. The lowest BCUT2D eigenvalue weighted by molar-refractivity contribution is -0.129. The van der Waals surface area contributed by atoms with Crippen molar-refractivity contribution in [2.24, 2.45) is 0 Å². The smallest absolute Gasteiger partial charge is 0.315 e. The van der Waals surface area contributed by atoms with Gasteiger partial charge in [0.1, 0.15) is 0 Å². The van der Waals surface area contributed by atoms with Crippen LogP contribution in [0.2, 0.25) is 0 Å². The van der Waals surface area contributed by atoms with Gasteiger partial charge >= 0.3 is 6.03 Å². The molecule has 0 aromatic rings. The van der Waals surface area contributed by atoms with Gasteiger partial charge in [-0.25, -0.2) is 4.79 Å². The third kappa shape index (κ3) is 3.37. The Morgan fingerprint density at radius 1 is 1.62 bits per heavy atom. The van der Waals surface area contributed by atoms with Gasteiger partial charge in [0, 0.05) is 25.6 Å². The average Bonchev–Trinajstić information content (AvgIpc) is 2.56. The van der Waals surface area contributed by atoms with E-state index < -0.39 is 0 Å². The summed E-state index contributed by atoms with van der Waals surface area (Å²) < 4.78 is 0. The Bertz CT molecular complexity index is 268. The molecule has 0 aromatic carbocycles. The highest BCUT2D eigenvalue weighted by atomic mass is 16.3. The summed E-state index contributed by atoms with van der Waals surface area (Å²) in [4.78, 5) is 24.6. The van der Waals surface area contributed by atoms with Gasteiger partial charge in [-0.3, -0.25) is 4.79 Å². The van der Waals surface area contributed by atoms with Gasteiger partial charge in [-0.2, -0.15) is 0 Å². The SMILES string of the molecule is CC(C)N1CC(NC(=O)NCCO)CC1=O. The summed E-state index contributed by atoms with van der Waals surface area (Å²) in [6.07, 6.45) is 0.352. The second kappa shape index (κ2) is 5.69. The number of hydrogen-bond donors (Lipinski definition) is 3. The fraction of sp³-hybridized carbons (Fsp3) is 0.800. The van der Waals surface area contributed by atoms with Gasteiger partial charge in [-0.05, 0) is 13.8 Å². The Morgan fingerprint density at radius 2 is 2.31 bits per heavy atom. The normalized spacial score (nSPS) is 20.4.